The number of nitrogens with two attached hydrogens (primary N) is 1. The minimum atomic E-state index is -0.487. The van der Waals surface area contributed by atoms with Crippen molar-refractivity contribution in [3.8, 4) is 11.3 Å². The van der Waals surface area contributed by atoms with Crippen LogP contribution in [-0.4, -0.2) is 23.6 Å². The summed E-state index contributed by atoms with van der Waals surface area (Å²) in [6, 6.07) is 32.6. The van der Waals surface area contributed by atoms with Crippen molar-refractivity contribution in [1.82, 2.24) is 9.88 Å². The molecule has 5 nitrogen and oxygen atoms in total. The van der Waals surface area contributed by atoms with Gasteiger partial charge in [-0.25, -0.2) is 4.99 Å². The molecular weight excluding hydrogens is 500 g/mol. The number of nitrogens with zero attached hydrogens (tertiary/aromatic N) is 2. The van der Waals surface area contributed by atoms with Gasteiger partial charge in [0, 0.05) is 18.3 Å². The predicted molar refractivity (Wildman–Crippen MR) is 162 cm³/mol. The molecule has 1 amide bonds. The molecule has 198 valence electrons. The maximum Gasteiger partial charge on any atom is 0.243 e. The Morgan fingerprint density at radius 2 is 1.72 bits per heavy atom. The molecule has 0 saturated carbocycles. The fourth-order valence-corrected chi connectivity index (χ4v) is 5.87. The summed E-state index contributed by atoms with van der Waals surface area (Å²) in [5.41, 5.74) is 10.9. The van der Waals surface area contributed by atoms with Gasteiger partial charge in [-0.1, -0.05) is 84.9 Å². The molecule has 0 radical (unpaired) electrons. The van der Waals surface area contributed by atoms with Gasteiger partial charge in [0.2, 0.25) is 5.91 Å². The number of aryl methyl sites for hydroxylation is 1. The Hall–Kier alpha value is -4.00. The van der Waals surface area contributed by atoms with E-state index >= 15 is 0 Å². The number of benzene rings is 4. The molecule has 1 aromatic heterocycles. The van der Waals surface area contributed by atoms with E-state index in [0.29, 0.717) is 19.5 Å². The van der Waals surface area contributed by atoms with Crippen LogP contribution in [-0.2, 0) is 11.2 Å². The molecule has 39 heavy (non-hydrogen) atoms. The maximum absolute atomic E-state index is 14.0. The molecule has 5 rings (SSSR count). The average molecular weight is 535 g/mol. The summed E-state index contributed by atoms with van der Waals surface area (Å²) in [5, 5.41) is 7.64. The second-order valence-electron chi connectivity index (χ2n) is 9.74. The Balaban J connectivity index is 1.66. The molecule has 6 heteroatoms. The molecule has 1 heterocycles. The van der Waals surface area contributed by atoms with Crippen LogP contribution >= 0.6 is 11.3 Å². The number of amides is 1. The third-order valence-corrected chi connectivity index (χ3v) is 7.72. The molecule has 0 aliphatic heterocycles. The number of carbonyl (C=O) groups is 1. The van der Waals surface area contributed by atoms with Gasteiger partial charge in [-0.3, -0.25) is 4.79 Å². The van der Waals surface area contributed by atoms with Crippen molar-refractivity contribution in [3.05, 3.63) is 118 Å². The average Bonchev–Trinajstić information content (AvgIpc) is 3.37. The van der Waals surface area contributed by atoms with Gasteiger partial charge in [0.25, 0.3) is 0 Å². The SMILES string of the molecule is Cc1cccc(N=c2scc(-c3ccccc3)n2[C@@H](Cc2cccc3ccccc23)C(=O)NCCCCN)c1. The maximum atomic E-state index is 14.0. The highest BCUT2D eigenvalue weighted by molar-refractivity contribution is 7.07. The molecule has 0 fully saturated rings. The van der Waals surface area contributed by atoms with E-state index in [0.717, 1.165) is 51.1 Å². The topological polar surface area (TPSA) is 72.4 Å². The van der Waals surface area contributed by atoms with Gasteiger partial charge in [0.15, 0.2) is 4.80 Å². The number of rotatable bonds is 10. The number of aromatic nitrogens is 1. The zero-order valence-electron chi connectivity index (χ0n) is 22.2. The van der Waals surface area contributed by atoms with Crippen molar-refractivity contribution in [1.29, 1.82) is 0 Å². The Morgan fingerprint density at radius 3 is 2.54 bits per heavy atom. The molecule has 0 aliphatic rings. The quantitative estimate of drug-likeness (QED) is 0.200. The second-order valence-corrected chi connectivity index (χ2v) is 10.6. The Morgan fingerprint density at radius 1 is 0.949 bits per heavy atom. The third-order valence-electron chi connectivity index (χ3n) is 6.88. The van der Waals surface area contributed by atoms with Crippen molar-refractivity contribution in [2.24, 2.45) is 10.7 Å². The summed E-state index contributed by atoms with van der Waals surface area (Å²) in [5.74, 6) is -0.0128. The van der Waals surface area contributed by atoms with Crippen molar-refractivity contribution in [2.75, 3.05) is 13.1 Å². The lowest BCUT2D eigenvalue weighted by Gasteiger charge is -2.22. The monoisotopic (exact) mass is 534 g/mol. The Kier molecular flexibility index (Phi) is 8.66. The van der Waals surface area contributed by atoms with E-state index in [1.807, 2.05) is 36.4 Å². The van der Waals surface area contributed by atoms with E-state index in [4.69, 9.17) is 10.7 Å². The fraction of sp³-hybridized carbons (Fsp3) is 0.212. The number of hydrogen-bond donors (Lipinski definition) is 2. The number of nitrogens with one attached hydrogen (secondary N) is 1. The van der Waals surface area contributed by atoms with E-state index in [1.54, 1.807) is 11.3 Å². The Labute approximate surface area is 233 Å². The Bertz CT molecular complexity index is 1610. The highest BCUT2D eigenvalue weighted by Gasteiger charge is 2.26. The van der Waals surface area contributed by atoms with Crippen LogP contribution in [0.3, 0.4) is 0 Å². The van der Waals surface area contributed by atoms with Gasteiger partial charge < -0.3 is 15.6 Å². The first-order valence-corrected chi connectivity index (χ1v) is 14.3. The number of thiazole rings is 1. The first-order chi connectivity index (χ1) is 19.1. The zero-order chi connectivity index (χ0) is 27.0. The van der Waals surface area contributed by atoms with Gasteiger partial charge in [-0.2, -0.15) is 0 Å². The fourth-order valence-electron chi connectivity index (χ4n) is 4.91. The van der Waals surface area contributed by atoms with Crippen molar-refractivity contribution in [3.63, 3.8) is 0 Å². The largest absolute Gasteiger partial charge is 0.354 e. The molecule has 1 atom stereocenters. The molecule has 0 aliphatic carbocycles. The second kappa shape index (κ2) is 12.7. The molecule has 0 spiro atoms. The molecule has 0 bridgehead atoms. The van der Waals surface area contributed by atoms with Crippen LogP contribution < -0.4 is 15.9 Å². The minimum absolute atomic E-state index is 0.0128. The first-order valence-electron chi connectivity index (χ1n) is 13.5. The molecule has 5 aromatic rings. The van der Waals surface area contributed by atoms with Crippen LogP contribution in [0.15, 0.2) is 107 Å². The highest BCUT2D eigenvalue weighted by atomic mass is 32.1. The van der Waals surface area contributed by atoms with E-state index < -0.39 is 6.04 Å². The normalized spacial score (nSPS) is 12.5. The van der Waals surface area contributed by atoms with Crippen LogP contribution in [0.5, 0.6) is 0 Å². The van der Waals surface area contributed by atoms with Gasteiger partial charge >= 0.3 is 0 Å². The summed E-state index contributed by atoms with van der Waals surface area (Å²) in [7, 11) is 0. The summed E-state index contributed by atoms with van der Waals surface area (Å²) in [6.07, 6.45) is 2.27. The molecular formula is C33H34N4OS. The number of carbonyl (C=O) groups excluding carboxylic acids is 1. The summed E-state index contributed by atoms with van der Waals surface area (Å²) < 4.78 is 2.13. The minimum Gasteiger partial charge on any atom is -0.354 e. The number of fused-ring (bicyclic) bond motifs is 1. The van der Waals surface area contributed by atoms with Crippen LogP contribution in [0.25, 0.3) is 22.0 Å². The lowest BCUT2D eigenvalue weighted by atomic mass is 9.97. The van der Waals surface area contributed by atoms with E-state index in [9.17, 15) is 4.79 Å². The summed E-state index contributed by atoms with van der Waals surface area (Å²) >= 11 is 1.56. The van der Waals surface area contributed by atoms with Gasteiger partial charge in [-0.15, -0.1) is 11.3 Å². The van der Waals surface area contributed by atoms with E-state index in [2.05, 4.69) is 82.9 Å². The van der Waals surface area contributed by atoms with Crippen LogP contribution in [0.2, 0.25) is 0 Å². The highest BCUT2D eigenvalue weighted by Crippen LogP contribution is 2.28. The molecule has 4 aromatic carbocycles. The predicted octanol–water partition coefficient (Wildman–Crippen LogP) is 6.55. The smallest absolute Gasteiger partial charge is 0.243 e. The number of unbranched alkanes of at least 4 members (excludes halogenated alkanes) is 1. The van der Waals surface area contributed by atoms with E-state index in [-0.39, 0.29) is 5.91 Å². The first kappa shape index (κ1) is 26.6. The molecule has 0 unspecified atom stereocenters. The van der Waals surface area contributed by atoms with Crippen LogP contribution in [0, 0.1) is 6.92 Å². The van der Waals surface area contributed by atoms with Gasteiger partial charge in [0.1, 0.15) is 6.04 Å². The molecule has 0 saturated heterocycles. The van der Waals surface area contributed by atoms with E-state index in [1.165, 1.54) is 5.39 Å². The van der Waals surface area contributed by atoms with Crippen LogP contribution in [0.4, 0.5) is 5.69 Å². The standard InChI is InChI=1S/C33H34N4OS/c1-24-11-9-17-28(21-24)36-33-37(31(23-39-33)26-13-3-2-4-14-26)30(32(38)35-20-8-7-19-34)22-27-16-10-15-25-12-5-6-18-29(25)27/h2-6,9-18,21,23,30H,7-8,19-20,22,34H2,1H3,(H,35,38)/t30-/m0/s1. The third kappa shape index (κ3) is 6.36. The number of hydrogen-bond acceptors (Lipinski definition) is 4. The van der Waals surface area contributed by atoms with Gasteiger partial charge in [0.05, 0.1) is 11.4 Å². The van der Waals surface area contributed by atoms with Crippen molar-refractivity contribution >= 4 is 33.7 Å². The zero-order valence-corrected chi connectivity index (χ0v) is 23.0. The van der Waals surface area contributed by atoms with Gasteiger partial charge in [-0.05, 0) is 65.9 Å². The van der Waals surface area contributed by atoms with Crippen molar-refractivity contribution in [2.45, 2.75) is 32.2 Å². The lowest BCUT2D eigenvalue weighted by Crippen LogP contribution is -2.38. The molecule has 3 N–H and O–H groups in total. The summed E-state index contributed by atoms with van der Waals surface area (Å²) in [4.78, 5) is 19.8. The summed E-state index contributed by atoms with van der Waals surface area (Å²) in [6.45, 7) is 3.28. The lowest BCUT2D eigenvalue weighted by molar-refractivity contribution is -0.124. The van der Waals surface area contributed by atoms with Crippen molar-refractivity contribution < 1.29 is 4.79 Å². The van der Waals surface area contributed by atoms with Crippen LogP contribution in [0.1, 0.15) is 30.0 Å².